The van der Waals surface area contributed by atoms with E-state index in [1.165, 1.54) is 4.90 Å². The largest absolute Gasteiger partial charge is 0.452 e. The summed E-state index contributed by atoms with van der Waals surface area (Å²) in [5.41, 5.74) is 6.78. The maximum atomic E-state index is 12.3. The summed E-state index contributed by atoms with van der Waals surface area (Å²) in [5, 5.41) is 0. The molecule has 7 heteroatoms. The number of nitrogens with two attached hydrogens (primary N) is 1. The number of amides is 2. The van der Waals surface area contributed by atoms with E-state index in [-0.39, 0.29) is 12.5 Å². The number of hydrogen-bond donors (Lipinski definition) is 1. The number of hydrogen-bond acceptors (Lipinski definition) is 5. The zero-order valence-electron chi connectivity index (χ0n) is 15.4. The second kappa shape index (κ2) is 9.22. The fourth-order valence-electron chi connectivity index (χ4n) is 3.22. The summed E-state index contributed by atoms with van der Waals surface area (Å²) in [6.07, 6.45) is 2.23. The first kappa shape index (κ1) is 19.8. The van der Waals surface area contributed by atoms with E-state index in [2.05, 4.69) is 18.7 Å². The molecule has 0 spiro atoms. The Bertz CT molecular complexity index is 641. The Balaban J connectivity index is 1.93. The molecule has 7 nitrogen and oxygen atoms in total. The van der Waals surface area contributed by atoms with Gasteiger partial charge >= 0.3 is 5.97 Å². The highest BCUT2D eigenvalue weighted by molar-refractivity contribution is 5.92. The lowest BCUT2D eigenvalue weighted by Gasteiger charge is -2.33. The smallest absolute Gasteiger partial charge is 0.338 e. The maximum absolute atomic E-state index is 12.3. The van der Waals surface area contributed by atoms with Crippen molar-refractivity contribution in [2.24, 2.45) is 5.73 Å². The van der Waals surface area contributed by atoms with Gasteiger partial charge in [-0.2, -0.15) is 0 Å². The van der Waals surface area contributed by atoms with Crippen LogP contribution in [0.3, 0.4) is 0 Å². The highest BCUT2D eigenvalue weighted by Crippen LogP contribution is 2.18. The van der Waals surface area contributed by atoms with Crippen molar-refractivity contribution in [2.75, 3.05) is 31.1 Å². The van der Waals surface area contributed by atoms with E-state index in [0.717, 1.165) is 31.6 Å². The second-order valence-electron chi connectivity index (χ2n) is 6.30. The van der Waals surface area contributed by atoms with E-state index in [1.807, 2.05) is 12.1 Å². The Kier molecular flexibility index (Phi) is 7.00. The third-order valence-corrected chi connectivity index (χ3v) is 4.71. The molecule has 0 unspecified atom stereocenters. The number of piperidine rings is 1. The minimum absolute atomic E-state index is 0.387. The fourth-order valence-corrected chi connectivity index (χ4v) is 3.22. The molecule has 142 valence electrons. The molecular formula is C19H27N3O4. The van der Waals surface area contributed by atoms with Crippen molar-refractivity contribution < 1.29 is 19.1 Å². The third kappa shape index (κ3) is 4.74. The van der Waals surface area contributed by atoms with E-state index in [4.69, 9.17) is 10.5 Å². The molecule has 0 saturated carbocycles. The molecule has 1 fully saturated rings. The monoisotopic (exact) mass is 361 g/mol. The molecule has 2 amide bonds. The van der Waals surface area contributed by atoms with Crippen molar-refractivity contribution in [3.8, 4) is 0 Å². The van der Waals surface area contributed by atoms with Gasteiger partial charge in [0, 0.05) is 25.3 Å². The van der Waals surface area contributed by atoms with Gasteiger partial charge in [0.15, 0.2) is 6.61 Å². The molecule has 0 aromatic heterocycles. The average molecular weight is 361 g/mol. The normalized spacial score (nSPS) is 16.8. The SMILES string of the molecule is CCN(CC)c1ccc(C(=O)OCC(=O)N2CCCC[C@@H]2C(N)=O)cc1. The highest BCUT2D eigenvalue weighted by atomic mass is 16.5. The van der Waals surface area contributed by atoms with Gasteiger partial charge in [0.1, 0.15) is 6.04 Å². The number of carbonyl (C=O) groups excluding carboxylic acids is 3. The van der Waals surface area contributed by atoms with Crippen molar-refractivity contribution in [1.82, 2.24) is 4.90 Å². The molecule has 1 atom stereocenters. The van der Waals surface area contributed by atoms with Crippen LogP contribution in [0.1, 0.15) is 43.5 Å². The Hall–Kier alpha value is -2.57. The molecule has 0 radical (unpaired) electrons. The minimum atomic E-state index is -0.608. The average Bonchev–Trinajstić information content (AvgIpc) is 2.67. The Morgan fingerprint density at radius 2 is 1.81 bits per heavy atom. The van der Waals surface area contributed by atoms with Crippen molar-refractivity contribution in [3.63, 3.8) is 0 Å². The predicted octanol–water partition coefficient (Wildman–Crippen LogP) is 1.56. The van der Waals surface area contributed by atoms with Crippen molar-refractivity contribution in [3.05, 3.63) is 29.8 Å². The summed E-state index contributed by atoms with van der Waals surface area (Å²) in [7, 11) is 0. The zero-order chi connectivity index (χ0) is 19.1. The molecule has 1 aliphatic rings. The van der Waals surface area contributed by atoms with E-state index in [1.54, 1.807) is 12.1 Å². The third-order valence-electron chi connectivity index (χ3n) is 4.71. The lowest BCUT2D eigenvalue weighted by molar-refractivity contribution is -0.143. The molecule has 1 heterocycles. The van der Waals surface area contributed by atoms with Gasteiger partial charge in [0.25, 0.3) is 5.91 Å². The number of anilines is 1. The Morgan fingerprint density at radius 1 is 1.15 bits per heavy atom. The van der Waals surface area contributed by atoms with Crippen LogP contribution in [0.4, 0.5) is 5.69 Å². The van der Waals surface area contributed by atoms with Crippen LogP contribution >= 0.6 is 0 Å². The van der Waals surface area contributed by atoms with E-state index in [9.17, 15) is 14.4 Å². The first-order valence-electron chi connectivity index (χ1n) is 9.08. The van der Waals surface area contributed by atoms with Crippen LogP contribution in [-0.2, 0) is 14.3 Å². The summed E-state index contributed by atoms with van der Waals surface area (Å²) in [6, 6.07) is 6.49. The molecule has 1 aromatic rings. The van der Waals surface area contributed by atoms with Gasteiger partial charge < -0.3 is 20.3 Å². The van der Waals surface area contributed by atoms with Crippen molar-refractivity contribution in [1.29, 1.82) is 0 Å². The minimum Gasteiger partial charge on any atom is -0.452 e. The van der Waals surface area contributed by atoms with E-state index in [0.29, 0.717) is 18.5 Å². The van der Waals surface area contributed by atoms with Crippen molar-refractivity contribution >= 4 is 23.5 Å². The summed E-state index contributed by atoms with van der Waals surface area (Å²) in [5.74, 6) is -1.46. The van der Waals surface area contributed by atoms with Crippen LogP contribution in [0.15, 0.2) is 24.3 Å². The number of primary amides is 1. The predicted molar refractivity (Wildman–Crippen MR) is 98.8 cm³/mol. The first-order valence-corrected chi connectivity index (χ1v) is 9.08. The molecule has 26 heavy (non-hydrogen) atoms. The van der Waals surface area contributed by atoms with Crippen LogP contribution in [0.25, 0.3) is 0 Å². The molecule has 1 aromatic carbocycles. The summed E-state index contributed by atoms with van der Waals surface area (Å²) in [6.45, 7) is 5.97. The molecular weight excluding hydrogens is 334 g/mol. The van der Waals surface area contributed by atoms with E-state index < -0.39 is 17.9 Å². The Morgan fingerprint density at radius 3 is 2.38 bits per heavy atom. The lowest BCUT2D eigenvalue weighted by atomic mass is 10.0. The quantitative estimate of drug-likeness (QED) is 0.744. The van der Waals surface area contributed by atoms with Gasteiger partial charge in [0.2, 0.25) is 5.91 Å². The molecule has 1 saturated heterocycles. The van der Waals surface area contributed by atoms with Gasteiger partial charge in [-0.15, -0.1) is 0 Å². The lowest BCUT2D eigenvalue weighted by Crippen LogP contribution is -2.51. The maximum Gasteiger partial charge on any atom is 0.338 e. The fraction of sp³-hybridized carbons (Fsp3) is 0.526. The van der Waals surface area contributed by atoms with Crippen molar-refractivity contribution in [2.45, 2.75) is 39.2 Å². The van der Waals surface area contributed by atoms with Gasteiger partial charge in [-0.05, 0) is 57.4 Å². The zero-order valence-corrected chi connectivity index (χ0v) is 15.4. The second-order valence-corrected chi connectivity index (χ2v) is 6.30. The van der Waals surface area contributed by atoms with Crippen LogP contribution in [0.5, 0.6) is 0 Å². The number of ether oxygens (including phenoxy) is 1. The molecule has 2 rings (SSSR count). The van der Waals surface area contributed by atoms with Gasteiger partial charge in [-0.25, -0.2) is 4.79 Å². The number of rotatable bonds is 7. The molecule has 2 N–H and O–H groups in total. The number of nitrogens with zero attached hydrogens (tertiary/aromatic N) is 2. The topological polar surface area (TPSA) is 92.9 Å². The van der Waals surface area contributed by atoms with Gasteiger partial charge in [0.05, 0.1) is 5.56 Å². The van der Waals surface area contributed by atoms with E-state index >= 15 is 0 Å². The number of likely N-dealkylation sites (tertiary alicyclic amines) is 1. The molecule has 0 bridgehead atoms. The summed E-state index contributed by atoms with van der Waals surface area (Å²) >= 11 is 0. The van der Waals surface area contributed by atoms with Crippen LogP contribution in [-0.4, -0.2) is 55.0 Å². The van der Waals surface area contributed by atoms with Crippen LogP contribution in [0, 0.1) is 0 Å². The number of benzene rings is 1. The van der Waals surface area contributed by atoms with Crippen LogP contribution in [0.2, 0.25) is 0 Å². The highest BCUT2D eigenvalue weighted by Gasteiger charge is 2.31. The standard InChI is InChI=1S/C19H27N3O4/c1-3-21(4-2)15-10-8-14(9-11-15)19(25)26-13-17(23)22-12-6-5-7-16(22)18(20)24/h8-11,16H,3-7,12-13H2,1-2H3,(H2,20,24)/t16-/m1/s1. The Labute approximate surface area is 154 Å². The molecule has 1 aliphatic heterocycles. The summed E-state index contributed by atoms with van der Waals surface area (Å²) < 4.78 is 5.13. The first-order chi connectivity index (χ1) is 12.5. The van der Waals surface area contributed by atoms with Crippen LogP contribution < -0.4 is 10.6 Å². The molecule has 0 aliphatic carbocycles. The summed E-state index contributed by atoms with van der Waals surface area (Å²) in [4.78, 5) is 39.5. The van der Waals surface area contributed by atoms with Gasteiger partial charge in [-0.3, -0.25) is 9.59 Å². The number of carbonyl (C=O) groups is 3. The van der Waals surface area contributed by atoms with Gasteiger partial charge in [-0.1, -0.05) is 0 Å². The number of esters is 1.